The number of carbonyl (C=O) groups excluding carboxylic acids is 1. The molecule has 1 unspecified atom stereocenters. The van der Waals surface area contributed by atoms with Gasteiger partial charge in [-0.2, -0.15) is 0 Å². The Morgan fingerprint density at radius 3 is 3.00 bits per heavy atom. The molecule has 5 heteroatoms. The molecule has 1 aliphatic rings. The molecule has 1 aliphatic heterocycles. The molecule has 1 heterocycles. The summed E-state index contributed by atoms with van der Waals surface area (Å²) in [4.78, 5) is 12.8. The van der Waals surface area contributed by atoms with E-state index in [1.54, 1.807) is 12.1 Å². The summed E-state index contributed by atoms with van der Waals surface area (Å²) in [5.41, 5.74) is 0.531. The first-order valence-electron chi connectivity index (χ1n) is 4.50. The van der Waals surface area contributed by atoms with E-state index in [0.29, 0.717) is 17.6 Å². The van der Waals surface area contributed by atoms with Crippen LogP contribution in [0.15, 0.2) is 24.3 Å². The van der Waals surface area contributed by atoms with Crippen molar-refractivity contribution in [1.29, 1.82) is 0 Å². The van der Waals surface area contributed by atoms with Gasteiger partial charge in [-0.1, -0.05) is 22.0 Å². The van der Waals surface area contributed by atoms with Crippen molar-refractivity contribution < 1.29 is 13.9 Å². The van der Waals surface area contributed by atoms with Crippen LogP contribution in [0.5, 0.6) is 0 Å². The van der Waals surface area contributed by atoms with Crippen LogP contribution in [0.25, 0.3) is 0 Å². The predicted molar refractivity (Wildman–Crippen MR) is 57.8 cm³/mol. The third-order valence-electron chi connectivity index (χ3n) is 2.17. The molecule has 1 atom stereocenters. The first-order chi connectivity index (χ1) is 7.20. The highest BCUT2D eigenvalue weighted by Gasteiger charge is 2.31. The fourth-order valence-electron chi connectivity index (χ4n) is 1.46. The van der Waals surface area contributed by atoms with Crippen molar-refractivity contribution in [2.75, 3.05) is 16.8 Å². The van der Waals surface area contributed by atoms with Crippen LogP contribution < -0.4 is 4.90 Å². The molecule has 2 rings (SSSR count). The van der Waals surface area contributed by atoms with Crippen LogP contribution in [-0.2, 0) is 4.74 Å². The quantitative estimate of drug-likeness (QED) is 0.776. The van der Waals surface area contributed by atoms with Crippen molar-refractivity contribution in [2.45, 2.75) is 6.10 Å². The number of ether oxygens (including phenoxy) is 1. The number of carbonyl (C=O) groups is 1. The smallest absolute Gasteiger partial charge is 0.414 e. The molecule has 1 aromatic carbocycles. The average molecular weight is 274 g/mol. The molecule has 1 saturated heterocycles. The molecule has 15 heavy (non-hydrogen) atoms. The average Bonchev–Trinajstić information content (AvgIpc) is 2.60. The normalized spacial score (nSPS) is 20.5. The van der Waals surface area contributed by atoms with Gasteiger partial charge in [-0.3, -0.25) is 4.90 Å². The summed E-state index contributed by atoms with van der Waals surface area (Å²) in [5.74, 6) is -0.359. The highest BCUT2D eigenvalue weighted by molar-refractivity contribution is 9.09. The zero-order valence-electron chi connectivity index (χ0n) is 7.82. The van der Waals surface area contributed by atoms with Crippen LogP contribution in [0.1, 0.15) is 0 Å². The summed E-state index contributed by atoms with van der Waals surface area (Å²) < 4.78 is 18.0. The molecular formula is C10H9BrFNO2. The van der Waals surface area contributed by atoms with Crippen molar-refractivity contribution in [3.05, 3.63) is 30.1 Å². The topological polar surface area (TPSA) is 29.5 Å². The molecule has 0 radical (unpaired) electrons. The van der Waals surface area contributed by atoms with Gasteiger partial charge >= 0.3 is 6.09 Å². The molecule has 80 valence electrons. The lowest BCUT2D eigenvalue weighted by Crippen LogP contribution is -2.24. The fraction of sp³-hybridized carbons (Fsp3) is 0.300. The van der Waals surface area contributed by atoms with Crippen molar-refractivity contribution in [3.8, 4) is 0 Å². The maximum atomic E-state index is 12.9. The molecule has 0 aliphatic carbocycles. The van der Waals surface area contributed by atoms with Crippen molar-refractivity contribution in [3.63, 3.8) is 0 Å². The zero-order valence-corrected chi connectivity index (χ0v) is 9.41. The fourth-order valence-corrected chi connectivity index (χ4v) is 1.79. The highest BCUT2D eigenvalue weighted by atomic mass is 79.9. The number of hydrogen-bond acceptors (Lipinski definition) is 2. The zero-order chi connectivity index (χ0) is 10.8. The number of amides is 1. The molecular weight excluding hydrogens is 265 g/mol. The Balaban J connectivity index is 2.21. The van der Waals surface area contributed by atoms with Crippen molar-refractivity contribution >= 4 is 27.7 Å². The summed E-state index contributed by atoms with van der Waals surface area (Å²) in [5, 5.41) is 0.588. The summed E-state index contributed by atoms with van der Waals surface area (Å²) in [6.07, 6.45) is -0.592. The number of hydrogen-bond donors (Lipinski definition) is 0. The minimum absolute atomic E-state index is 0.166. The van der Waals surface area contributed by atoms with Crippen molar-refractivity contribution in [2.24, 2.45) is 0 Å². The maximum Gasteiger partial charge on any atom is 0.414 e. The maximum absolute atomic E-state index is 12.9. The van der Waals surface area contributed by atoms with Gasteiger partial charge in [0.15, 0.2) is 0 Å². The number of cyclic esters (lactones) is 1. The molecule has 1 amide bonds. The van der Waals surface area contributed by atoms with E-state index in [1.165, 1.54) is 17.0 Å². The summed E-state index contributed by atoms with van der Waals surface area (Å²) in [6.45, 7) is 0.452. The minimum Gasteiger partial charge on any atom is -0.443 e. The van der Waals surface area contributed by atoms with Gasteiger partial charge in [0, 0.05) is 5.33 Å². The van der Waals surface area contributed by atoms with Crippen LogP contribution >= 0.6 is 15.9 Å². The SMILES string of the molecule is O=C1OC(CBr)CN1c1cccc(F)c1. The lowest BCUT2D eigenvalue weighted by atomic mass is 10.3. The van der Waals surface area contributed by atoms with Gasteiger partial charge in [-0.25, -0.2) is 9.18 Å². The lowest BCUT2D eigenvalue weighted by Gasteiger charge is -2.12. The molecule has 0 N–H and O–H groups in total. The first kappa shape index (κ1) is 10.4. The van der Waals surface area contributed by atoms with Crippen LogP contribution in [-0.4, -0.2) is 24.1 Å². The molecule has 0 bridgehead atoms. The van der Waals surface area contributed by atoms with E-state index in [2.05, 4.69) is 15.9 Å². The van der Waals surface area contributed by atoms with E-state index in [0.717, 1.165) is 0 Å². The molecule has 0 saturated carbocycles. The standard InChI is InChI=1S/C10H9BrFNO2/c11-5-9-6-13(10(14)15-9)8-3-1-2-7(12)4-8/h1-4,9H,5-6H2. The van der Waals surface area contributed by atoms with Crippen LogP contribution in [0.2, 0.25) is 0 Å². The van der Waals surface area contributed by atoms with Crippen LogP contribution in [0, 0.1) is 5.82 Å². The Hall–Kier alpha value is -1.10. The van der Waals surface area contributed by atoms with Gasteiger partial charge in [-0.15, -0.1) is 0 Å². The monoisotopic (exact) mass is 273 g/mol. The minimum atomic E-state index is -0.426. The molecule has 1 fully saturated rings. The Labute approximate surface area is 95.0 Å². The van der Waals surface area contributed by atoms with Crippen LogP contribution in [0.3, 0.4) is 0 Å². The predicted octanol–water partition coefficient (Wildman–Crippen LogP) is 2.55. The second-order valence-electron chi connectivity index (χ2n) is 3.25. The van der Waals surface area contributed by atoms with Crippen molar-refractivity contribution in [1.82, 2.24) is 0 Å². The number of nitrogens with zero attached hydrogens (tertiary/aromatic N) is 1. The van der Waals surface area contributed by atoms with Gasteiger partial charge in [0.2, 0.25) is 0 Å². The number of halogens is 2. The number of anilines is 1. The van der Waals surface area contributed by atoms with E-state index in [4.69, 9.17) is 4.74 Å². The Morgan fingerprint density at radius 1 is 1.60 bits per heavy atom. The second-order valence-corrected chi connectivity index (χ2v) is 3.90. The highest BCUT2D eigenvalue weighted by Crippen LogP contribution is 2.22. The Bertz CT molecular complexity index is 385. The molecule has 0 aromatic heterocycles. The van der Waals surface area contributed by atoms with Gasteiger partial charge in [-0.05, 0) is 18.2 Å². The molecule has 1 aromatic rings. The third kappa shape index (κ3) is 2.12. The van der Waals surface area contributed by atoms with E-state index in [1.807, 2.05) is 0 Å². The number of alkyl halides is 1. The van der Waals surface area contributed by atoms with E-state index >= 15 is 0 Å². The number of rotatable bonds is 2. The Kier molecular flexibility index (Phi) is 2.90. The van der Waals surface area contributed by atoms with E-state index in [9.17, 15) is 9.18 Å². The third-order valence-corrected chi connectivity index (χ3v) is 2.89. The van der Waals surface area contributed by atoms with E-state index < -0.39 is 6.09 Å². The van der Waals surface area contributed by atoms with Gasteiger partial charge in [0.05, 0.1) is 12.2 Å². The lowest BCUT2D eigenvalue weighted by molar-refractivity contribution is 0.152. The van der Waals surface area contributed by atoms with Gasteiger partial charge in [0.25, 0.3) is 0 Å². The van der Waals surface area contributed by atoms with Crippen LogP contribution in [0.4, 0.5) is 14.9 Å². The van der Waals surface area contributed by atoms with Gasteiger partial charge in [0.1, 0.15) is 11.9 Å². The second kappa shape index (κ2) is 4.18. The Morgan fingerprint density at radius 2 is 2.40 bits per heavy atom. The summed E-state index contributed by atoms with van der Waals surface area (Å²) >= 11 is 3.24. The molecule has 0 spiro atoms. The summed E-state index contributed by atoms with van der Waals surface area (Å²) in [6, 6.07) is 5.91. The summed E-state index contributed by atoms with van der Waals surface area (Å²) in [7, 11) is 0. The van der Waals surface area contributed by atoms with E-state index in [-0.39, 0.29) is 11.9 Å². The van der Waals surface area contributed by atoms with Gasteiger partial charge < -0.3 is 4.74 Å². The largest absolute Gasteiger partial charge is 0.443 e. The molecule has 3 nitrogen and oxygen atoms in total. The number of benzene rings is 1. The first-order valence-corrected chi connectivity index (χ1v) is 5.62.